The number of amides is 1. The zero-order valence-electron chi connectivity index (χ0n) is 19.5. The summed E-state index contributed by atoms with van der Waals surface area (Å²) >= 11 is 0. The number of aryl methyl sites for hydroxylation is 1. The van der Waals surface area contributed by atoms with E-state index in [2.05, 4.69) is 47.7 Å². The third kappa shape index (κ3) is 7.31. The van der Waals surface area contributed by atoms with Gasteiger partial charge in [-0.2, -0.15) is 0 Å². The van der Waals surface area contributed by atoms with Crippen LogP contribution in [0.1, 0.15) is 54.2 Å². The van der Waals surface area contributed by atoms with E-state index in [4.69, 9.17) is 4.74 Å². The van der Waals surface area contributed by atoms with Gasteiger partial charge in [0.25, 0.3) is 5.91 Å². The molecule has 0 aromatic heterocycles. The van der Waals surface area contributed by atoms with Crippen LogP contribution in [-0.4, -0.2) is 43.5 Å². The second-order valence-corrected chi connectivity index (χ2v) is 7.41. The van der Waals surface area contributed by atoms with Crippen LogP contribution in [0.15, 0.2) is 47.5 Å². The Labute approximate surface area is 186 Å². The highest BCUT2D eigenvalue weighted by Crippen LogP contribution is 2.20. The van der Waals surface area contributed by atoms with E-state index in [1.165, 1.54) is 5.56 Å². The van der Waals surface area contributed by atoms with Gasteiger partial charge in [-0.25, -0.2) is 0 Å². The van der Waals surface area contributed by atoms with Gasteiger partial charge in [0.2, 0.25) is 0 Å². The number of hydrogen-bond acceptors (Lipinski definition) is 3. The van der Waals surface area contributed by atoms with E-state index in [0.717, 1.165) is 23.3 Å². The third-order valence-electron chi connectivity index (χ3n) is 5.07. The van der Waals surface area contributed by atoms with Crippen LogP contribution in [-0.2, 0) is 13.1 Å². The maximum atomic E-state index is 12.4. The summed E-state index contributed by atoms with van der Waals surface area (Å²) in [5, 5.41) is 6.68. The number of carbonyl (C=O) groups is 1. The summed E-state index contributed by atoms with van der Waals surface area (Å²) in [6.07, 6.45) is 0.976. The highest BCUT2D eigenvalue weighted by Gasteiger charge is 2.12. The van der Waals surface area contributed by atoms with Gasteiger partial charge in [0, 0.05) is 44.4 Å². The average Bonchev–Trinajstić information content (AvgIpc) is 2.79. The van der Waals surface area contributed by atoms with Crippen molar-refractivity contribution < 1.29 is 9.53 Å². The van der Waals surface area contributed by atoms with Crippen molar-refractivity contribution in [2.45, 2.75) is 47.2 Å². The van der Waals surface area contributed by atoms with E-state index in [9.17, 15) is 4.79 Å². The largest absolute Gasteiger partial charge is 0.493 e. The summed E-state index contributed by atoms with van der Waals surface area (Å²) in [5.41, 5.74) is 4.08. The van der Waals surface area contributed by atoms with Crippen LogP contribution >= 0.6 is 0 Å². The van der Waals surface area contributed by atoms with Crippen LogP contribution in [0.4, 0.5) is 0 Å². The van der Waals surface area contributed by atoms with Gasteiger partial charge in [-0.1, -0.05) is 31.2 Å². The topological polar surface area (TPSA) is 66.0 Å². The molecule has 31 heavy (non-hydrogen) atoms. The highest BCUT2D eigenvalue weighted by molar-refractivity contribution is 5.94. The lowest BCUT2D eigenvalue weighted by molar-refractivity contribution is 0.0773. The Morgan fingerprint density at radius 3 is 2.29 bits per heavy atom. The Morgan fingerprint density at radius 2 is 1.68 bits per heavy atom. The summed E-state index contributed by atoms with van der Waals surface area (Å²) in [7, 11) is 1.75. The zero-order valence-corrected chi connectivity index (χ0v) is 19.5. The summed E-state index contributed by atoms with van der Waals surface area (Å²) < 4.78 is 5.89. The van der Waals surface area contributed by atoms with Gasteiger partial charge < -0.3 is 20.3 Å². The van der Waals surface area contributed by atoms with Crippen molar-refractivity contribution in [1.29, 1.82) is 0 Å². The lowest BCUT2D eigenvalue weighted by Crippen LogP contribution is -2.36. The number of aliphatic imine (C=N–C) groups is 1. The van der Waals surface area contributed by atoms with Crippen LogP contribution in [0, 0.1) is 6.92 Å². The predicted octanol–water partition coefficient (Wildman–Crippen LogP) is 4.13. The maximum Gasteiger partial charge on any atom is 0.253 e. The fourth-order valence-electron chi connectivity index (χ4n) is 3.20. The monoisotopic (exact) mass is 424 g/mol. The molecule has 168 valence electrons. The van der Waals surface area contributed by atoms with Crippen molar-refractivity contribution in [3.05, 3.63) is 64.7 Å². The summed E-state index contributed by atoms with van der Waals surface area (Å²) in [5.74, 6) is 1.70. The molecule has 0 radical (unpaired) electrons. The Balaban J connectivity index is 1.92. The smallest absolute Gasteiger partial charge is 0.253 e. The van der Waals surface area contributed by atoms with Crippen LogP contribution in [0.2, 0.25) is 0 Å². The first-order chi connectivity index (χ1) is 15.0. The molecule has 2 aromatic rings. The molecule has 1 amide bonds. The number of rotatable bonds is 10. The van der Waals surface area contributed by atoms with E-state index in [1.807, 2.05) is 43.0 Å². The van der Waals surface area contributed by atoms with Crippen molar-refractivity contribution in [3.8, 4) is 5.75 Å². The number of nitrogens with zero attached hydrogens (tertiary/aromatic N) is 2. The van der Waals surface area contributed by atoms with Gasteiger partial charge in [-0.05, 0) is 56.5 Å². The normalized spacial score (nSPS) is 11.2. The molecule has 0 aliphatic carbocycles. The number of ether oxygens (including phenoxy) is 1. The van der Waals surface area contributed by atoms with Gasteiger partial charge in [-0.3, -0.25) is 9.79 Å². The number of carbonyl (C=O) groups excluding carboxylic acids is 1. The molecule has 0 aliphatic heterocycles. The Kier molecular flexibility index (Phi) is 9.88. The van der Waals surface area contributed by atoms with Crippen molar-refractivity contribution in [1.82, 2.24) is 15.5 Å². The van der Waals surface area contributed by atoms with E-state index < -0.39 is 0 Å². The number of benzene rings is 2. The van der Waals surface area contributed by atoms with Crippen molar-refractivity contribution in [2.75, 3.05) is 26.7 Å². The summed E-state index contributed by atoms with van der Waals surface area (Å²) in [6, 6.07) is 14.0. The lowest BCUT2D eigenvalue weighted by Gasteiger charge is -2.18. The number of guanidine groups is 1. The maximum absolute atomic E-state index is 12.4. The predicted molar refractivity (Wildman–Crippen MR) is 128 cm³/mol. The van der Waals surface area contributed by atoms with Crippen LogP contribution in [0.3, 0.4) is 0 Å². The van der Waals surface area contributed by atoms with E-state index >= 15 is 0 Å². The van der Waals surface area contributed by atoms with Crippen LogP contribution in [0.5, 0.6) is 5.75 Å². The van der Waals surface area contributed by atoms with Gasteiger partial charge in [0.15, 0.2) is 5.96 Å². The molecule has 0 unspecified atom stereocenters. The summed E-state index contributed by atoms with van der Waals surface area (Å²) in [6.45, 7) is 11.5. The first-order valence-corrected chi connectivity index (χ1v) is 11.1. The highest BCUT2D eigenvalue weighted by atomic mass is 16.5. The standard InChI is InChI=1S/C25H36N4O2/c1-6-15-31-23-16-19(4)9-12-22(23)18-28-25(26-5)27-17-20-10-13-21(14-11-20)24(30)29(7-2)8-3/h9-14,16H,6-8,15,17-18H2,1-5H3,(H2,26,27,28). The molecule has 6 heteroatoms. The first-order valence-electron chi connectivity index (χ1n) is 11.1. The van der Waals surface area contributed by atoms with Crippen LogP contribution < -0.4 is 15.4 Å². The second kappa shape index (κ2) is 12.6. The fraction of sp³-hybridized carbons (Fsp3) is 0.440. The molecule has 2 N–H and O–H groups in total. The quantitative estimate of drug-likeness (QED) is 0.445. The molecule has 0 atom stereocenters. The van der Waals surface area contributed by atoms with Gasteiger partial charge in [-0.15, -0.1) is 0 Å². The minimum absolute atomic E-state index is 0.0705. The Bertz CT molecular complexity index is 858. The molecule has 6 nitrogen and oxygen atoms in total. The van der Waals surface area contributed by atoms with E-state index in [1.54, 1.807) is 7.05 Å². The summed E-state index contributed by atoms with van der Waals surface area (Å²) in [4.78, 5) is 18.6. The molecule has 2 aromatic carbocycles. The number of hydrogen-bond donors (Lipinski definition) is 2. The molecule has 0 saturated carbocycles. The molecular formula is C25H36N4O2. The minimum Gasteiger partial charge on any atom is -0.493 e. The van der Waals surface area contributed by atoms with Gasteiger partial charge >= 0.3 is 0 Å². The first kappa shape index (κ1) is 24.3. The molecule has 0 aliphatic rings. The molecular weight excluding hydrogens is 388 g/mol. The molecule has 0 saturated heterocycles. The minimum atomic E-state index is 0.0705. The van der Waals surface area contributed by atoms with Crippen LogP contribution in [0.25, 0.3) is 0 Å². The van der Waals surface area contributed by atoms with E-state index in [-0.39, 0.29) is 5.91 Å². The van der Waals surface area contributed by atoms with Crippen molar-refractivity contribution in [2.24, 2.45) is 4.99 Å². The van der Waals surface area contributed by atoms with Crippen molar-refractivity contribution in [3.63, 3.8) is 0 Å². The number of nitrogens with one attached hydrogen (secondary N) is 2. The molecule has 0 bridgehead atoms. The van der Waals surface area contributed by atoms with E-state index in [0.29, 0.717) is 44.3 Å². The Hall–Kier alpha value is -3.02. The average molecular weight is 425 g/mol. The fourth-order valence-corrected chi connectivity index (χ4v) is 3.20. The molecule has 2 rings (SSSR count). The molecule has 0 fully saturated rings. The second-order valence-electron chi connectivity index (χ2n) is 7.41. The van der Waals surface area contributed by atoms with Gasteiger partial charge in [0.05, 0.1) is 6.61 Å². The molecule has 0 spiro atoms. The third-order valence-corrected chi connectivity index (χ3v) is 5.07. The SMILES string of the molecule is CCCOc1cc(C)ccc1CNC(=NC)NCc1ccc(C(=O)N(CC)CC)cc1. The Morgan fingerprint density at radius 1 is 1.00 bits per heavy atom. The van der Waals surface area contributed by atoms with Crippen molar-refractivity contribution >= 4 is 11.9 Å². The zero-order chi connectivity index (χ0) is 22.6. The van der Waals surface area contributed by atoms with Gasteiger partial charge in [0.1, 0.15) is 5.75 Å². The lowest BCUT2D eigenvalue weighted by atomic mass is 10.1. The molecule has 0 heterocycles.